The highest BCUT2D eigenvalue weighted by molar-refractivity contribution is 7.91. The van der Waals surface area contributed by atoms with Crippen molar-refractivity contribution in [3.05, 3.63) is 52.3 Å². The third-order valence-corrected chi connectivity index (χ3v) is 7.93. The highest BCUT2D eigenvalue weighted by Crippen LogP contribution is 2.40. The van der Waals surface area contributed by atoms with Crippen molar-refractivity contribution in [2.75, 3.05) is 5.75 Å². The van der Waals surface area contributed by atoms with Gasteiger partial charge in [0.1, 0.15) is 16.9 Å². The molecule has 0 radical (unpaired) electrons. The molecule has 38 heavy (non-hydrogen) atoms. The van der Waals surface area contributed by atoms with Gasteiger partial charge in [-0.2, -0.15) is 31.4 Å². The number of hydrogen-bond donors (Lipinski definition) is 0. The average Bonchev–Trinajstić information content (AvgIpc) is 3.42. The van der Waals surface area contributed by atoms with E-state index < -0.39 is 55.8 Å². The lowest BCUT2D eigenvalue weighted by atomic mass is 10.2. The van der Waals surface area contributed by atoms with Gasteiger partial charge in [-0.3, -0.25) is 9.36 Å². The molecule has 1 aliphatic carbocycles. The standard InChI is InChI=1S/C22H18F6N6O3S/c1-3-38(36,37)14-8-12(33-7-6-15(31-33)21(23,24)25)10-29-17(14)19-30-13-9-16(22(26,27)28)34(11-4-5-11)20(35)18(13)32(19)2/h6-11H,3-5H2,1-2H3. The van der Waals surface area contributed by atoms with Crippen LogP contribution in [0.2, 0.25) is 0 Å². The summed E-state index contributed by atoms with van der Waals surface area (Å²) < 4.78 is 109. The zero-order chi connectivity index (χ0) is 27.8. The highest BCUT2D eigenvalue weighted by atomic mass is 32.2. The first-order valence-corrected chi connectivity index (χ1v) is 12.8. The number of fused-ring (bicyclic) bond motifs is 1. The van der Waals surface area contributed by atoms with Crippen LogP contribution in [0.15, 0.2) is 40.3 Å². The maximum atomic E-state index is 13.8. The summed E-state index contributed by atoms with van der Waals surface area (Å²) in [5.41, 5.74) is -4.15. The first-order valence-electron chi connectivity index (χ1n) is 11.2. The zero-order valence-electron chi connectivity index (χ0n) is 19.7. The van der Waals surface area contributed by atoms with E-state index in [9.17, 15) is 39.6 Å². The molecule has 1 aliphatic rings. The third-order valence-electron chi connectivity index (χ3n) is 6.19. The van der Waals surface area contributed by atoms with Gasteiger partial charge in [-0.1, -0.05) is 6.92 Å². The average molecular weight is 560 g/mol. The molecule has 0 spiro atoms. The van der Waals surface area contributed by atoms with Crippen molar-refractivity contribution in [3.63, 3.8) is 0 Å². The van der Waals surface area contributed by atoms with Crippen molar-refractivity contribution < 1.29 is 34.8 Å². The molecule has 0 atom stereocenters. The van der Waals surface area contributed by atoms with Gasteiger partial charge in [0.05, 0.1) is 28.0 Å². The van der Waals surface area contributed by atoms with Gasteiger partial charge in [-0.25, -0.2) is 23.1 Å². The Hall–Kier alpha value is -3.69. The molecule has 5 rings (SSSR count). The van der Waals surface area contributed by atoms with E-state index in [1.807, 2.05) is 0 Å². The lowest BCUT2D eigenvalue weighted by molar-refractivity contribution is -0.144. The van der Waals surface area contributed by atoms with Crippen LogP contribution in [0.25, 0.3) is 28.2 Å². The molecule has 9 nitrogen and oxygen atoms in total. The quantitative estimate of drug-likeness (QED) is 0.340. The molecule has 0 aliphatic heterocycles. The van der Waals surface area contributed by atoms with E-state index in [0.717, 1.165) is 29.2 Å². The van der Waals surface area contributed by atoms with E-state index in [-0.39, 0.29) is 28.2 Å². The maximum absolute atomic E-state index is 13.8. The van der Waals surface area contributed by atoms with E-state index in [4.69, 9.17) is 0 Å². The lowest BCUT2D eigenvalue weighted by Crippen LogP contribution is -2.28. The monoisotopic (exact) mass is 560 g/mol. The van der Waals surface area contributed by atoms with Crippen LogP contribution in [-0.4, -0.2) is 43.1 Å². The Kier molecular flexibility index (Phi) is 5.74. The lowest BCUT2D eigenvalue weighted by Gasteiger charge is -2.15. The SMILES string of the molecule is CCS(=O)(=O)c1cc(-n2ccc(C(F)(F)F)n2)cnc1-c1nc2cc(C(F)(F)F)n(C3CC3)c(=O)c2n1C. The maximum Gasteiger partial charge on any atom is 0.435 e. The fourth-order valence-electron chi connectivity index (χ4n) is 4.16. The third kappa shape index (κ3) is 4.25. The fraction of sp³-hybridized carbons (Fsp3) is 0.364. The van der Waals surface area contributed by atoms with Gasteiger partial charge in [0.2, 0.25) is 0 Å². The van der Waals surface area contributed by atoms with Crippen molar-refractivity contribution in [2.24, 2.45) is 7.05 Å². The number of pyridine rings is 2. The molecule has 4 aromatic heterocycles. The summed E-state index contributed by atoms with van der Waals surface area (Å²) in [6.45, 7) is 1.33. The van der Waals surface area contributed by atoms with Crippen LogP contribution in [0.3, 0.4) is 0 Å². The number of aromatic nitrogens is 6. The number of alkyl halides is 6. The Labute approximate surface area is 210 Å². The van der Waals surface area contributed by atoms with Crippen LogP contribution in [-0.2, 0) is 29.2 Å². The summed E-state index contributed by atoms with van der Waals surface area (Å²) in [6.07, 6.45) is -6.71. The number of nitrogens with zero attached hydrogens (tertiary/aromatic N) is 6. The van der Waals surface area contributed by atoms with Crippen LogP contribution in [0.5, 0.6) is 0 Å². The van der Waals surface area contributed by atoms with Gasteiger partial charge in [0, 0.05) is 19.3 Å². The molecule has 0 bridgehead atoms. The van der Waals surface area contributed by atoms with Gasteiger partial charge < -0.3 is 4.57 Å². The van der Waals surface area contributed by atoms with Gasteiger partial charge in [-0.15, -0.1) is 0 Å². The van der Waals surface area contributed by atoms with Crippen molar-refractivity contribution in [3.8, 4) is 17.2 Å². The van der Waals surface area contributed by atoms with E-state index in [1.54, 1.807) is 0 Å². The van der Waals surface area contributed by atoms with Crippen LogP contribution >= 0.6 is 0 Å². The Bertz CT molecular complexity index is 1750. The molecule has 0 aromatic carbocycles. The van der Waals surface area contributed by atoms with Crippen LogP contribution in [0, 0.1) is 0 Å². The first-order chi connectivity index (χ1) is 17.6. The summed E-state index contributed by atoms with van der Waals surface area (Å²) in [4.78, 5) is 21.0. The second kappa shape index (κ2) is 8.41. The van der Waals surface area contributed by atoms with Crippen LogP contribution in [0.1, 0.15) is 37.2 Å². The predicted molar refractivity (Wildman–Crippen MR) is 121 cm³/mol. The van der Waals surface area contributed by atoms with Crippen molar-refractivity contribution in [1.82, 2.24) is 28.9 Å². The summed E-state index contributed by atoms with van der Waals surface area (Å²) in [6, 6.07) is 1.89. The van der Waals surface area contributed by atoms with E-state index in [0.29, 0.717) is 23.5 Å². The molecule has 16 heteroatoms. The number of halogens is 6. The molecule has 0 unspecified atom stereocenters. The highest BCUT2D eigenvalue weighted by Gasteiger charge is 2.40. The van der Waals surface area contributed by atoms with Gasteiger partial charge >= 0.3 is 12.4 Å². The number of rotatable bonds is 5. The van der Waals surface area contributed by atoms with Gasteiger partial charge in [0.15, 0.2) is 21.4 Å². The molecule has 1 fully saturated rings. The number of sulfone groups is 1. The molecular weight excluding hydrogens is 542 g/mol. The topological polar surface area (TPSA) is 105 Å². The van der Waals surface area contributed by atoms with Crippen LogP contribution in [0.4, 0.5) is 26.3 Å². The van der Waals surface area contributed by atoms with E-state index in [2.05, 4.69) is 15.1 Å². The fourth-order valence-corrected chi connectivity index (χ4v) is 5.21. The summed E-state index contributed by atoms with van der Waals surface area (Å²) in [5.74, 6) is -0.622. The Balaban J connectivity index is 1.74. The number of imidazole rings is 1. The largest absolute Gasteiger partial charge is 0.435 e. The minimum Gasteiger partial charge on any atom is -0.321 e. The minimum absolute atomic E-state index is 0.106. The van der Waals surface area contributed by atoms with E-state index in [1.165, 1.54) is 18.5 Å². The summed E-state index contributed by atoms with van der Waals surface area (Å²) in [7, 11) is -2.73. The van der Waals surface area contributed by atoms with E-state index >= 15 is 0 Å². The summed E-state index contributed by atoms with van der Waals surface area (Å²) in [5, 5.41) is 3.42. The number of aryl methyl sites for hydroxylation is 1. The van der Waals surface area contributed by atoms with Gasteiger partial charge in [0.25, 0.3) is 5.56 Å². The zero-order valence-corrected chi connectivity index (χ0v) is 20.5. The molecule has 0 N–H and O–H groups in total. The van der Waals surface area contributed by atoms with Crippen molar-refractivity contribution >= 4 is 20.9 Å². The molecule has 202 valence electrons. The second-order valence-electron chi connectivity index (χ2n) is 8.75. The van der Waals surface area contributed by atoms with Crippen LogP contribution < -0.4 is 5.56 Å². The Morgan fingerprint density at radius 1 is 1.08 bits per heavy atom. The normalized spacial score (nSPS) is 14.9. The Morgan fingerprint density at radius 2 is 1.76 bits per heavy atom. The first kappa shape index (κ1) is 25.9. The molecule has 1 saturated carbocycles. The smallest absolute Gasteiger partial charge is 0.321 e. The number of hydrogen-bond acceptors (Lipinski definition) is 6. The molecule has 4 aromatic rings. The Morgan fingerprint density at radius 3 is 2.32 bits per heavy atom. The van der Waals surface area contributed by atoms with Gasteiger partial charge in [-0.05, 0) is 31.0 Å². The minimum atomic E-state index is -4.83. The predicted octanol–water partition coefficient (Wildman–Crippen LogP) is 4.15. The molecular formula is C22H18F6N6O3S. The second-order valence-corrected chi connectivity index (χ2v) is 11.0. The summed E-state index contributed by atoms with van der Waals surface area (Å²) >= 11 is 0. The molecule has 0 amide bonds. The molecule has 4 heterocycles. The van der Waals surface area contributed by atoms with Crippen molar-refractivity contribution in [2.45, 2.75) is 43.1 Å². The molecule has 0 saturated heterocycles. The van der Waals surface area contributed by atoms with Crippen molar-refractivity contribution in [1.29, 1.82) is 0 Å².